The Hall–Kier alpha value is -2.00. The molecule has 0 fully saturated rings. The van der Waals surface area contributed by atoms with Crippen LogP contribution in [0.3, 0.4) is 0 Å². The third-order valence-electron chi connectivity index (χ3n) is 4.15. The minimum absolute atomic E-state index is 0.448. The smallest absolute Gasteiger partial charge is 0.143 e. The van der Waals surface area contributed by atoms with E-state index < -0.39 is 0 Å². The van der Waals surface area contributed by atoms with Crippen molar-refractivity contribution in [2.45, 2.75) is 19.6 Å². The molecule has 0 saturated heterocycles. The summed E-state index contributed by atoms with van der Waals surface area (Å²) in [4.78, 5) is 4.62. The van der Waals surface area contributed by atoms with Crippen molar-refractivity contribution in [3.8, 4) is 5.75 Å². The number of ether oxygens (including phenoxy) is 1. The standard InChI is InChI=1S/C18H22N2O/c1-14(19(2)3)12-20-16-9-5-4-8-15(16)13-21-18-11-7-6-10-17(18)20/h4-11,14H,12-13H2,1-3H3/t14-/m0/s1. The van der Waals surface area contributed by atoms with Crippen LogP contribution in [-0.2, 0) is 6.61 Å². The van der Waals surface area contributed by atoms with Gasteiger partial charge in [-0.3, -0.25) is 0 Å². The average molecular weight is 282 g/mol. The first-order valence-corrected chi connectivity index (χ1v) is 7.40. The Morgan fingerprint density at radius 2 is 1.71 bits per heavy atom. The normalized spacial score (nSPS) is 15.0. The fourth-order valence-electron chi connectivity index (χ4n) is 2.61. The number of nitrogens with zero attached hydrogens (tertiary/aromatic N) is 2. The second-order valence-electron chi connectivity index (χ2n) is 5.81. The maximum absolute atomic E-state index is 5.99. The molecule has 0 aliphatic carbocycles. The summed E-state index contributed by atoms with van der Waals surface area (Å²) in [6.45, 7) is 3.81. The van der Waals surface area contributed by atoms with E-state index in [1.54, 1.807) is 0 Å². The number of anilines is 2. The number of para-hydroxylation sites is 3. The van der Waals surface area contributed by atoms with Gasteiger partial charge in [-0.15, -0.1) is 0 Å². The molecule has 21 heavy (non-hydrogen) atoms. The number of hydrogen-bond donors (Lipinski definition) is 0. The molecule has 0 unspecified atom stereocenters. The van der Waals surface area contributed by atoms with E-state index in [0.29, 0.717) is 12.6 Å². The molecule has 0 saturated carbocycles. The summed E-state index contributed by atoms with van der Waals surface area (Å²) in [5.74, 6) is 0.958. The summed E-state index contributed by atoms with van der Waals surface area (Å²) < 4.78 is 5.99. The predicted molar refractivity (Wildman–Crippen MR) is 87.4 cm³/mol. The maximum atomic E-state index is 5.99. The van der Waals surface area contributed by atoms with Gasteiger partial charge in [-0.25, -0.2) is 0 Å². The van der Waals surface area contributed by atoms with Gasteiger partial charge in [0.25, 0.3) is 0 Å². The second-order valence-corrected chi connectivity index (χ2v) is 5.81. The largest absolute Gasteiger partial charge is 0.487 e. The molecule has 0 bridgehead atoms. The number of benzene rings is 2. The third-order valence-corrected chi connectivity index (χ3v) is 4.15. The lowest BCUT2D eigenvalue weighted by Gasteiger charge is -2.31. The zero-order valence-electron chi connectivity index (χ0n) is 12.9. The van der Waals surface area contributed by atoms with Crippen molar-refractivity contribution >= 4 is 11.4 Å². The van der Waals surface area contributed by atoms with Crippen LogP contribution in [0.25, 0.3) is 0 Å². The van der Waals surface area contributed by atoms with Gasteiger partial charge in [0.15, 0.2) is 0 Å². The monoisotopic (exact) mass is 282 g/mol. The highest BCUT2D eigenvalue weighted by atomic mass is 16.5. The van der Waals surface area contributed by atoms with Gasteiger partial charge in [0.2, 0.25) is 0 Å². The van der Waals surface area contributed by atoms with Crippen LogP contribution in [0, 0.1) is 0 Å². The van der Waals surface area contributed by atoms with Crippen molar-refractivity contribution in [2.24, 2.45) is 0 Å². The Morgan fingerprint density at radius 1 is 1.05 bits per heavy atom. The van der Waals surface area contributed by atoms with Crippen LogP contribution in [0.1, 0.15) is 12.5 Å². The Kier molecular flexibility index (Phi) is 3.84. The van der Waals surface area contributed by atoms with Crippen LogP contribution in [0.4, 0.5) is 11.4 Å². The highest BCUT2D eigenvalue weighted by Gasteiger charge is 2.23. The van der Waals surface area contributed by atoms with Crippen molar-refractivity contribution in [1.29, 1.82) is 0 Å². The molecule has 0 amide bonds. The van der Waals surface area contributed by atoms with Crippen molar-refractivity contribution in [3.05, 3.63) is 54.1 Å². The Bertz CT molecular complexity index is 577. The molecule has 1 aliphatic heterocycles. The minimum atomic E-state index is 0.448. The van der Waals surface area contributed by atoms with Crippen LogP contribution in [-0.4, -0.2) is 31.6 Å². The van der Waals surface area contributed by atoms with E-state index in [1.807, 2.05) is 6.07 Å². The van der Waals surface area contributed by atoms with E-state index >= 15 is 0 Å². The Balaban J connectivity index is 2.06. The van der Waals surface area contributed by atoms with Gasteiger partial charge < -0.3 is 14.5 Å². The van der Waals surface area contributed by atoms with Crippen LogP contribution in [0.2, 0.25) is 0 Å². The van der Waals surface area contributed by atoms with Crippen molar-refractivity contribution in [2.75, 3.05) is 25.5 Å². The second kappa shape index (κ2) is 5.78. The third kappa shape index (κ3) is 2.74. The first kappa shape index (κ1) is 14.0. The molecule has 2 aromatic carbocycles. The fraction of sp³-hybridized carbons (Fsp3) is 0.333. The van der Waals surface area contributed by atoms with Crippen LogP contribution < -0.4 is 9.64 Å². The lowest BCUT2D eigenvalue weighted by Crippen LogP contribution is -2.36. The van der Waals surface area contributed by atoms with Crippen molar-refractivity contribution < 1.29 is 4.74 Å². The lowest BCUT2D eigenvalue weighted by molar-refractivity contribution is 0.309. The molecule has 110 valence electrons. The summed E-state index contributed by atoms with van der Waals surface area (Å²) in [5.41, 5.74) is 3.63. The molecule has 0 aromatic heterocycles. The highest BCUT2D eigenvalue weighted by Crippen LogP contribution is 2.39. The molecular weight excluding hydrogens is 260 g/mol. The maximum Gasteiger partial charge on any atom is 0.143 e. The molecule has 0 spiro atoms. The van der Waals surface area contributed by atoms with E-state index in [0.717, 1.165) is 18.0 Å². The number of fused-ring (bicyclic) bond motifs is 2. The van der Waals surface area contributed by atoms with Gasteiger partial charge in [0.1, 0.15) is 12.4 Å². The van der Waals surface area contributed by atoms with E-state index in [2.05, 4.69) is 73.3 Å². The molecule has 1 heterocycles. The van der Waals surface area contributed by atoms with Crippen molar-refractivity contribution in [1.82, 2.24) is 4.90 Å². The number of hydrogen-bond acceptors (Lipinski definition) is 3. The van der Waals surface area contributed by atoms with Crippen LogP contribution >= 0.6 is 0 Å². The highest BCUT2D eigenvalue weighted by molar-refractivity contribution is 5.72. The summed E-state index contributed by atoms with van der Waals surface area (Å²) in [5, 5.41) is 0. The summed E-state index contributed by atoms with van der Waals surface area (Å²) in [6, 6.07) is 17.2. The van der Waals surface area contributed by atoms with Gasteiger partial charge >= 0.3 is 0 Å². The first-order valence-electron chi connectivity index (χ1n) is 7.40. The van der Waals surface area contributed by atoms with E-state index in [4.69, 9.17) is 4.74 Å². The molecular formula is C18H22N2O. The fourth-order valence-corrected chi connectivity index (χ4v) is 2.61. The van der Waals surface area contributed by atoms with E-state index in [-0.39, 0.29) is 0 Å². The summed E-state index contributed by atoms with van der Waals surface area (Å²) in [6.07, 6.45) is 0. The Morgan fingerprint density at radius 3 is 2.48 bits per heavy atom. The number of likely N-dealkylation sites (N-methyl/N-ethyl adjacent to an activating group) is 1. The molecule has 1 aliphatic rings. The molecule has 3 heteroatoms. The molecule has 3 rings (SSSR count). The van der Waals surface area contributed by atoms with Gasteiger partial charge in [0, 0.05) is 23.8 Å². The Labute approximate surface area is 126 Å². The molecule has 0 N–H and O–H groups in total. The number of rotatable bonds is 3. The predicted octanol–water partition coefficient (Wildman–Crippen LogP) is 3.67. The van der Waals surface area contributed by atoms with Crippen LogP contribution in [0.5, 0.6) is 5.75 Å². The molecule has 0 radical (unpaired) electrons. The van der Waals surface area contributed by atoms with E-state index in [1.165, 1.54) is 11.3 Å². The first-order chi connectivity index (χ1) is 10.2. The van der Waals surface area contributed by atoms with E-state index in [9.17, 15) is 0 Å². The topological polar surface area (TPSA) is 15.7 Å². The average Bonchev–Trinajstić information content (AvgIpc) is 2.65. The quantitative estimate of drug-likeness (QED) is 0.854. The van der Waals surface area contributed by atoms with Gasteiger partial charge in [-0.05, 0) is 39.2 Å². The van der Waals surface area contributed by atoms with Gasteiger partial charge in [-0.1, -0.05) is 30.3 Å². The molecule has 2 aromatic rings. The zero-order valence-corrected chi connectivity index (χ0v) is 12.9. The summed E-state index contributed by atoms with van der Waals surface area (Å²) >= 11 is 0. The SMILES string of the molecule is C[C@@H](CN1c2ccccc2COc2ccccc21)N(C)C. The van der Waals surface area contributed by atoms with Gasteiger partial charge in [-0.2, -0.15) is 0 Å². The molecule has 1 atom stereocenters. The lowest BCUT2D eigenvalue weighted by atomic mass is 10.1. The van der Waals surface area contributed by atoms with Crippen molar-refractivity contribution in [3.63, 3.8) is 0 Å². The molecule has 3 nitrogen and oxygen atoms in total. The van der Waals surface area contributed by atoms with Gasteiger partial charge in [0.05, 0.1) is 5.69 Å². The zero-order chi connectivity index (χ0) is 14.8. The van der Waals surface area contributed by atoms with Crippen LogP contribution in [0.15, 0.2) is 48.5 Å². The summed E-state index contributed by atoms with van der Waals surface area (Å²) in [7, 11) is 4.24. The minimum Gasteiger partial charge on any atom is -0.487 e.